The van der Waals surface area contributed by atoms with Crippen molar-refractivity contribution in [1.82, 2.24) is 14.5 Å². The van der Waals surface area contributed by atoms with Gasteiger partial charge in [0, 0.05) is 12.4 Å². The van der Waals surface area contributed by atoms with Gasteiger partial charge in [-0.1, -0.05) is 6.07 Å². The quantitative estimate of drug-likeness (QED) is 0.407. The van der Waals surface area contributed by atoms with Crippen LogP contribution in [0.2, 0.25) is 0 Å². The van der Waals surface area contributed by atoms with Crippen LogP contribution in [0.15, 0.2) is 54.8 Å². The van der Waals surface area contributed by atoms with Gasteiger partial charge in [-0.3, -0.25) is 4.79 Å². The average Bonchev–Trinajstić information content (AvgIpc) is 3.51. The van der Waals surface area contributed by atoms with E-state index in [1.165, 1.54) is 0 Å². The van der Waals surface area contributed by atoms with Crippen LogP contribution in [0.3, 0.4) is 0 Å². The van der Waals surface area contributed by atoms with Crippen LogP contribution >= 0.6 is 0 Å². The molecule has 1 aromatic heterocycles. The standard InChI is InChI=1S/C25H22F3N3O3/c1-14-19-5-6-20(16-11-17(26)24(28)18(27)12-16)31(19)25(32)23(34-14)10-15-3-4-21(22(9-15)33-2)30-8-7-29-13-30/h3-4,7-14,19-20H,5-6H2,1-2H3/b23-10-/t14-,19+,20-/m0/s1. The van der Waals surface area contributed by atoms with Gasteiger partial charge in [0.2, 0.25) is 0 Å². The number of rotatable bonds is 4. The van der Waals surface area contributed by atoms with Gasteiger partial charge in [0.1, 0.15) is 11.9 Å². The number of methoxy groups -OCH3 is 1. The molecule has 34 heavy (non-hydrogen) atoms. The number of aromatic nitrogens is 2. The first-order valence-electron chi connectivity index (χ1n) is 10.9. The van der Waals surface area contributed by atoms with Crippen molar-refractivity contribution >= 4 is 12.0 Å². The van der Waals surface area contributed by atoms with Crippen LogP contribution in [-0.2, 0) is 9.53 Å². The van der Waals surface area contributed by atoms with Gasteiger partial charge < -0.3 is 18.9 Å². The Bertz CT molecular complexity index is 1250. The van der Waals surface area contributed by atoms with E-state index in [9.17, 15) is 18.0 Å². The average molecular weight is 469 g/mol. The zero-order chi connectivity index (χ0) is 24.0. The number of imidazole rings is 1. The Morgan fingerprint density at radius 2 is 1.91 bits per heavy atom. The van der Waals surface area contributed by atoms with E-state index in [4.69, 9.17) is 9.47 Å². The second kappa shape index (κ2) is 8.55. The Labute approximate surface area is 194 Å². The maximum Gasteiger partial charge on any atom is 0.289 e. The number of amides is 1. The number of halogens is 3. The Kier molecular flexibility index (Phi) is 5.55. The third-order valence-electron chi connectivity index (χ3n) is 6.40. The summed E-state index contributed by atoms with van der Waals surface area (Å²) < 4.78 is 54.5. The molecule has 6 nitrogen and oxygen atoms in total. The largest absolute Gasteiger partial charge is 0.495 e. The molecule has 0 aliphatic carbocycles. The molecule has 0 radical (unpaired) electrons. The minimum absolute atomic E-state index is 0.121. The number of carbonyl (C=O) groups is 1. The van der Waals surface area contributed by atoms with E-state index < -0.39 is 23.5 Å². The number of hydrogen-bond donors (Lipinski definition) is 0. The third-order valence-corrected chi connectivity index (χ3v) is 6.40. The van der Waals surface area contributed by atoms with Gasteiger partial charge in [0.25, 0.3) is 5.91 Å². The molecule has 0 unspecified atom stereocenters. The molecule has 0 bridgehead atoms. The number of nitrogens with zero attached hydrogens (tertiary/aromatic N) is 3. The molecule has 0 spiro atoms. The molecular formula is C25H22F3N3O3. The molecule has 0 N–H and O–H groups in total. The highest BCUT2D eigenvalue weighted by Gasteiger charge is 2.46. The lowest BCUT2D eigenvalue weighted by molar-refractivity contribution is -0.144. The fourth-order valence-electron chi connectivity index (χ4n) is 4.79. The number of fused-ring (bicyclic) bond motifs is 1. The van der Waals surface area contributed by atoms with Crippen molar-refractivity contribution in [3.63, 3.8) is 0 Å². The van der Waals surface area contributed by atoms with Gasteiger partial charge in [0.15, 0.2) is 23.2 Å². The zero-order valence-corrected chi connectivity index (χ0v) is 18.5. The lowest BCUT2D eigenvalue weighted by Gasteiger charge is -2.39. The molecule has 176 valence electrons. The summed E-state index contributed by atoms with van der Waals surface area (Å²) in [5, 5.41) is 0. The molecule has 3 aromatic rings. The highest BCUT2D eigenvalue weighted by Crippen LogP contribution is 2.43. The van der Waals surface area contributed by atoms with Crippen molar-refractivity contribution in [1.29, 1.82) is 0 Å². The predicted octanol–water partition coefficient (Wildman–Crippen LogP) is 4.79. The minimum atomic E-state index is -1.52. The van der Waals surface area contributed by atoms with Crippen molar-refractivity contribution in [3.8, 4) is 11.4 Å². The molecule has 2 aliphatic rings. The van der Waals surface area contributed by atoms with Crippen LogP contribution in [0.5, 0.6) is 5.75 Å². The second-order valence-corrected chi connectivity index (χ2v) is 8.40. The van der Waals surface area contributed by atoms with Crippen molar-refractivity contribution in [2.24, 2.45) is 0 Å². The fourth-order valence-corrected chi connectivity index (χ4v) is 4.79. The van der Waals surface area contributed by atoms with E-state index in [2.05, 4.69) is 4.98 Å². The number of carbonyl (C=O) groups excluding carboxylic acids is 1. The molecule has 5 rings (SSSR count). The first-order valence-corrected chi connectivity index (χ1v) is 10.9. The lowest BCUT2D eigenvalue weighted by Crippen LogP contribution is -2.49. The smallest absolute Gasteiger partial charge is 0.289 e. The summed E-state index contributed by atoms with van der Waals surface area (Å²) >= 11 is 0. The molecule has 9 heteroatoms. The minimum Gasteiger partial charge on any atom is -0.495 e. The Balaban J connectivity index is 1.48. The molecule has 2 aromatic carbocycles. The van der Waals surface area contributed by atoms with E-state index in [1.54, 1.807) is 47.4 Å². The van der Waals surface area contributed by atoms with Gasteiger partial charge in [-0.15, -0.1) is 0 Å². The van der Waals surface area contributed by atoms with Crippen molar-refractivity contribution in [2.45, 2.75) is 38.0 Å². The lowest BCUT2D eigenvalue weighted by atomic mass is 10.0. The van der Waals surface area contributed by atoms with Crippen LogP contribution < -0.4 is 4.74 Å². The monoisotopic (exact) mass is 469 g/mol. The van der Waals surface area contributed by atoms with Crippen LogP contribution in [0.1, 0.15) is 36.9 Å². The summed E-state index contributed by atoms with van der Waals surface area (Å²) in [6.45, 7) is 1.86. The molecule has 0 saturated carbocycles. The van der Waals surface area contributed by atoms with E-state index in [1.807, 2.05) is 19.1 Å². The van der Waals surface area contributed by atoms with Crippen LogP contribution in [-0.4, -0.2) is 39.6 Å². The highest BCUT2D eigenvalue weighted by atomic mass is 19.2. The molecule has 3 heterocycles. The highest BCUT2D eigenvalue weighted by molar-refractivity contribution is 5.97. The van der Waals surface area contributed by atoms with E-state index >= 15 is 0 Å². The first kappa shape index (κ1) is 22.1. The Morgan fingerprint density at radius 3 is 2.59 bits per heavy atom. The molecule has 1 amide bonds. The van der Waals surface area contributed by atoms with Gasteiger partial charge >= 0.3 is 0 Å². The summed E-state index contributed by atoms with van der Waals surface area (Å²) in [6, 6.07) is 6.55. The molecule has 2 aliphatic heterocycles. The Hall–Kier alpha value is -3.75. The third kappa shape index (κ3) is 3.70. The Morgan fingerprint density at radius 1 is 1.15 bits per heavy atom. The molecule has 2 fully saturated rings. The number of hydrogen-bond acceptors (Lipinski definition) is 4. The summed E-state index contributed by atoms with van der Waals surface area (Å²) in [5.74, 6) is -3.74. The zero-order valence-electron chi connectivity index (χ0n) is 18.5. The fraction of sp³-hybridized carbons (Fsp3) is 0.280. The topological polar surface area (TPSA) is 56.6 Å². The molecule has 3 atom stereocenters. The predicted molar refractivity (Wildman–Crippen MR) is 118 cm³/mol. The van der Waals surface area contributed by atoms with Crippen LogP contribution in [0.25, 0.3) is 11.8 Å². The number of benzene rings is 2. The number of morpholine rings is 1. The summed E-state index contributed by atoms with van der Waals surface area (Å²) in [7, 11) is 1.55. The SMILES string of the molecule is COc1cc(/C=C2\O[C@@H](C)[C@H]3CC[C@@H](c4cc(F)c(F)c(F)c4)N3C2=O)ccc1-n1ccnc1. The van der Waals surface area contributed by atoms with Gasteiger partial charge in [-0.25, -0.2) is 18.2 Å². The summed E-state index contributed by atoms with van der Waals surface area (Å²) in [4.78, 5) is 19.1. The van der Waals surface area contributed by atoms with Crippen molar-refractivity contribution in [2.75, 3.05) is 7.11 Å². The van der Waals surface area contributed by atoms with E-state index in [0.29, 0.717) is 24.2 Å². The van der Waals surface area contributed by atoms with Crippen LogP contribution in [0, 0.1) is 17.5 Å². The van der Waals surface area contributed by atoms with E-state index in [-0.39, 0.29) is 29.4 Å². The maximum absolute atomic E-state index is 13.9. The van der Waals surface area contributed by atoms with Crippen LogP contribution in [0.4, 0.5) is 13.2 Å². The molecule has 2 saturated heterocycles. The normalized spacial score (nSPS) is 23.2. The maximum atomic E-state index is 13.9. The van der Waals surface area contributed by atoms with Crippen molar-refractivity contribution in [3.05, 3.63) is 83.4 Å². The summed E-state index contributed by atoms with van der Waals surface area (Å²) in [5.41, 5.74) is 1.70. The van der Waals surface area contributed by atoms with Crippen molar-refractivity contribution < 1.29 is 27.4 Å². The van der Waals surface area contributed by atoms with Gasteiger partial charge in [0.05, 0.1) is 31.2 Å². The molecular weight excluding hydrogens is 447 g/mol. The van der Waals surface area contributed by atoms with Gasteiger partial charge in [-0.05, 0) is 61.2 Å². The van der Waals surface area contributed by atoms with Gasteiger partial charge in [-0.2, -0.15) is 0 Å². The summed E-state index contributed by atoms with van der Waals surface area (Å²) in [6.07, 6.45) is 7.51. The first-order chi connectivity index (χ1) is 16.4. The number of ether oxygens (including phenoxy) is 2. The second-order valence-electron chi connectivity index (χ2n) is 8.40. The van der Waals surface area contributed by atoms with E-state index in [0.717, 1.165) is 17.8 Å².